The van der Waals surface area contributed by atoms with Gasteiger partial charge < -0.3 is 15.0 Å². The van der Waals surface area contributed by atoms with Crippen LogP contribution in [0.25, 0.3) is 0 Å². The van der Waals surface area contributed by atoms with Gasteiger partial charge in [-0.2, -0.15) is 5.10 Å². The van der Waals surface area contributed by atoms with E-state index in [2.05, 4.69) is 17.0 Å². The highest BCUT2D eigenvalue weighted by Crippen LogP contribution is 2.30. The lowest BCUT2D eigenvalue weighted by atomic mass is 9.86. The second-order valence-corrected chi connectivity index (χ2v) is 5.26. The van der Waals surface area contributed by atoms with E-state index in [9.17, 15) is 9.59 Å². The van der Waals surface area contributed by atoms with Crippen molar-refractivity contribution in [3.63, 3.8) is 0 Å². The Balaban J connectivity index is 2.13. The van der Waals surface area contributed by atoms with Gasteiger partial charge in [0, 0.05) is 39.1 Å². The van der Waals surface area contributed by atoms with Crippen LogP contribution in [0.3, 0.4) is 0 Å². The Morgan fingerprint density at radius 3 is 2.73 bits per heavy atom. The predicted octanol–water partition coefficient (Wildman–Crippen LogP) is 0.149. The largest absolute Gasteiger partial charge is 0.383 e. The van der Waals surface area contributed by atoms with Crippen molar-refractivity contribution < 1.29 is 14.3 Å². The quantitative estimate of drug-likeness (QED) is 0.599. The zero-order valence-corrected chi connectivity index (χ0v) is 12.8. The Hall–Kier alpha value is -2.15. The Kier molecular flexibility index (Phi) is 5.32. The minimum absolute atomic E-state index is 0.0843. The summed E-state index contributed by atoms with van der Waals surface area (Å²) < 4.78 is 6.66. The zero-order valence-electron chi connectivity index (χ0n) is 12.8. The maximum atomic E-state index is 12.7. The normalized spacial score (nSPS) is 17.0. The Labute approximate surface area is 129 Å². The van der Waals surface area contributed by atoms with Gasteiger partial charge in [0.1, 0.15) is 5.54 Å². The Morgan fingerprint density at radius 2 is 2.18 bits per heavy atom. The van der Waals surface area contributed by atoms with E-state index >= 15 is 0 Å². The molecule has 120 valence electrons. The Bertz CT molecular complexity index is 519. The molecule has 0 aliphatic carbocycles. The van der Waals surface area contributed by atoms with E-state index < -0.39 is 5.54 Å². The number of aromatic nitrogens is 2. The number of rotatable bonds is 6. The minimum atomic E-state index is -0.755. The topological polar surface area (TPSA) is 76.5 Å². The maximum Gasteiger partial charge on any atom is 0.248 e. The average Bonchev–Trinajstić information content (AvgIpc) is 3.09. The lowest BCUT2D eigenvalue weighted by Gasteiger charge is -2.40. The molecule has 0 atom stereocenters. The molecular formula is C15H22N4O3. The zero-order chi connectivity index (χ0) is 16.0. The first-order valence-electron chi connectivity index (χ1n) is 7.33. The van der Waals surface area contributed by atoms with Crippen LogP contribution in [-0.4, -0.2) is 59.8 Å². The minimum Gasteiger partial charge on any atom is -0.383 e. The predicted molar refractivity (Wildman–Crippen MR) is 81.1 cm³/mol. The molecule has 2 amide bonds. The molecule has 0 radical (unpaired) electrons. The van der Waals surface area contributed by atoms with Gasteiger partial charge in [0.2, 0.25) is 11.8 Å². The molecule has 1 N–H and O–H groups in total. The van der Waals surface area contributed by atoms with E-state index in [0.29, 0.717) is 39.1 Å². The molecule has 7 nitrogen and oxygen atoms in total. The number of piperidine rings is 1. The van der Waals surface area contributed by atoms with Gasteiger partial charge in [-0.1, -0.05) is 6.58 Å². The molecule has 0 unspecified atom stereocenters. The first-order valence-corrected chi connectivity index (χ1v) is 7.33. The lowest BCUT2D eigenvalue weighted by Crippen LogP contribution is -2.56. The third kappa shape index (κ3) is 3.19. The van der Waals surface area contributed by atoms with Crippen LogP contribution in [-0.2, 0) is 19.9 Å². The highest BCUT2D eigenvalue weighted by atomic mass is 16.5. The number of hydrogen-bond donors (Lipinski definition) is 1. The molecule has 1 aliphatic rings. The average molecular weight is 306 g/mol. The molecule has 1 saturated heterocycles. The van der Waals surface area contributed by atoms with Gasteiger partial charge in [-0.15, -0.1) is 0 Å². The fourth-order valence-electron chi connectivity index (χ4n) is 2.74. The van der Waals surface area contributed by atoms with Crippen molar-refractivity contribution in [1.29, 1.82) is 0 Å². The van der Waals surface area contributed by atoms with E-state index in [1.54, 1.807) is 35.2 Å². The standard InChI is InChI=1S/C15H22N4O3/c1-3-13(20)18-10-5-15(6-11-18,19-9-4-7-17-19)14(21)16-8-12-22-2/h3-4,7,9H,1,5-6,8,10-12H2,2H3,(H,16,21). The molecule has 0 bridgehead atoms. The molecule has 1 aromatic rings. The van der Waals surface area contributed by atoms with Gasteiger partial charge in [-0.3, -0.25) is 14.3 Å². The van der Waals surface area contributed by atoms with Crippen LogP contribution in [0.15, 0.2) is 31.1 Å². The molecule has 0 saturated carbocycles. The van der Waals surface area contributed by atoms with E-state index in [4.69, 9.17) is 4.74 Å². The van der Waals surface area contributed by atoms with Crippen molar-refractivity contribution in [1.82, 2.24) is 20.0 Å². The SMILES string of the molecule is C=CC(=O)N1CCC(C(=O)NCCOC)(n2cccn2)CC1. The van der Waals surface area contributed by atoms with Gasteiger partial charge in [-0.25, -0.2) is 0 Å². The summed E-state index contributed by atoms with van der Waals surface area (Å²) in [6, 6.07) is 1.80. The summed E-state index contributed by atoms with van der Waals surface area (Å²) in [7, 11) is 1.59. The van der Waals surface area contributed by atoms with Gasteiger partial charge in [-0.05, 0) is 25.0 Å². The summed E-state index contributed by atoms with van der Waals surface area (Å²) >= 11 is 0. The van der Waals surface area contributed by atoms with E-state index in [1.807, 2.05) is 0 Å². The molecule has 2 heterocycles. The second-order valence-electron chi connectivity index (χ2n) is 5.26. The summed E-state index contributed by atoms with van der Waals surface area (Å²) in [4.78, 5) is 26.1. The van der Waals surface area contributed by atoms with Crippen molar-refractivity contribution in [3.8, 4) is 0 Å². The summed E-state index contributed by atoms with van der Waals surface area (Å²) in [5, 5.41) is 7.14. The van der Waals surface area contributed by atoms with Crippen LogP contribution < -0.4 is 5.32 Å². The van der Waals surface area contributed by atoms with Crippen LogP contribution in [0.5, 0.6) is 0 Å². The molecule has 2 rings (SSSR count). The van der Waals surface area contributed by atoms with Crippen LogP contribution in [0, 0.1) is 0 Å². The number of amides is 2. The van der Waals surface area contributed by atoms with Gasteiger partial charge in [0.15, 0.2) is 0 Å². The number of nitrogens with one attached hydrogen (secondary N) is 1. The van der Waals surface area contributed by atoms with Crippen molar-refractivity contribution in [2.24, 2.45) is 0 Å². The smallest absolute Gasteiger partial charge is 0.248 e. The molecule has 7 heteroatoms. The molecular weight excluding hydrogens is 284 g/mol. The molecule has 0 aromatic carbocycles. The summed E-state index contributed by atoms with van der Waals surface area (Å²) in [5.74, 6) is -0.187. The number of ether oxygens (including phenoxy) is 1. The van der Waals surface area contributed by atoms with Crippen LogP contribution in [0.4, 0.5) is 0 Å². The number of nitrogens with zero attached hydrogens (tertiary/aromatic N) is 3. The van der Waals surface area contributed by atoms with E-state index in [1.165, 1.54) is 6.08 Å². The third-order valence-corrected chi connectivity index (χ3v) is 4.03. The third-order valence-electron chi connectivity index (χ3n) is 4.03. The van der Waals surface area contributed by atoms with Crippen molar-refractivity contribution >= 4 is 11.8 Å². The first-order chi connectivity index (χ1) is 10.6. The van der Waals surface area contributed by atoms with Crippen molar-refractivity contribution in [2.75, 3.05) is 33.4 Å². The van der Waals surface area contributed by atoms with E-state index in [0.717, 1.165) is 0 Å². The summed E-state index contributed by atoms with van der Waals surface area (Å²) in [6.07, 6.45) is 5.80. The van der Waals surface area contributed by atoms with E-state index in [-0.39, 0.29) is 11.8 Å². The molecule has 1 aliphatic heterocycles. The van der Waals surface area contributed by atoms with Crippen LogP contribution in [0.2, 0.25) is 0 Å². The number of carbonyl (C=O) groups excluding carboxylic acids is 2. The highest BCUT2D eigenvalue weighted by Gasteiger charge is 2.44. The van der Waals surface area contributed by atoms with Gasteiger partial charge in [0.25, 0.3) is 0 Å². The molecule has 22 heavy (non-hydrogen) atoms. The number of hydrogen-bond acceptors (Lipinski definition) is 4. The fraction of sp³-hybridized carbons (Fsp3) is 0.533. The summed E-state index contributed by atoms with van der Waals surface area (Å²) in [5.41, 5.74) is -0.755. The molecule has 1 fully saturated rings. The second kappa shape index (κ2) is 7.22. The lowest BCUT2D eigenvalue weighted by molar-refractivity contribution is -0.137. The van der Waals surface area contributed by atoms with Crippen molar-refractivity contribution in [2.45, 2.75) is 18.4 Å². The molecule has 0 spiro atoms. The molecule has 1 aromatic heterocycles. The maximum absolute atomic E-state index is 12.7. The number of carbonyl (C=O) groups is 2. The monoisotopic (exact) mass is 306 g/mol. The summed E-state index contributed by atoms with van der Waals surface area (Å²) in [6.45, 7) is 5.42. The number of likely N-dealkylation sites (tertiary alicyclic amines) is 1. The van der Waals surface area contributed by atoms with Gasteiger partial charge in [0.05, 0.1) is 6.61 Å². The highest BCUT2D eigenvalue weighted by molar-refractivity contribution is 5.88. The van der Waals surface area contributed by atoms with Crippen LogP contribution in [0.1, 0.15) is 12.8 Å². The fourth-order valence-corrected chi connectivity index (χ4v) is 2.74. The Morgan fingerprint density at radius 1 is 1.45 bits per heavy atom. The van der Waals surface area contributed by atoms with Crippen LogP contribution >= 0.6 is 0 Å². The first kappa shape index (κ1) is 16.2. The number of methoxy groups -OCH3 is 1. The van der Waals surface area contributed by atoms with Gasteiger partial charge >= 0.3 is 0 Å². The van der Waals surface area contributed by atoms with Crippen molar-refractivity contribution in [3.05, 3.63) is 31.1 Å².